The van der Waals surface area contributed by atoms with E-state index in [-0.39, 0.29) is 19.3 Å². The van der Waals surface area contributed by atoms with Gasteiger partial charge in [0.1, 0.15) is 0 Å². The van der Waals surface area contributed by atoms with Crippen LogP contribution in [0, 0.1) is 0 Å². The van der Waals surface area contributed by atoms with Crippen molar-refractivity contribution in [1.29, 1.82) is 0 Å². The van der Waals surface area contributed by atoms with E-state index in [2.05, 4.69) is 11.9 Å². The minimum absolute atomic E-state index is 0.0574. The van der Waals surface area contributed by atoms with Crippen LogP contribution in [0.2, 0.25) is 0 Å². The van der Waals surface area contributed by atoms with Gasteiger partial charge in [-0.05, 0) is 13.3 Å². The molecule has 0 aromatic carbocycles. The average molecular weight is 173 g/mol. The van der Waals surface area contributed by atoms with Gasteiger partial charge in [0, 0.05) is 6.04 Å². The molecule has 0 saturated carbocycles. The zero-order valence-electron chi connectivity index (χ0n) is 7.88. The van der Waals surface area contributed by atoms with Crippen LogP contribution in [-0.2, 0) is 0 Å². The highest BCUT2D eigenvalue weighted by Gasteiger charge is 2.26. The van der Waals surface area contributed by atoms with Crippen molar-refractivity contribution in [3.63, 3.8) is 0 Å². The molecule has 3 N–H and O–H groups in total. The Bertz CT molecular complexity index is 124. The van der Waals surface area contributed by atoms with E-state index in [1.165, 1.54) is 0 Å². The van der Waals surface area contributed by atoms with E-state index in [0.29, 0.717) is 6.42 Å². The van der Waals surface area contributed by atoms with Crippen molar-refractivity contribution < 1.29 is 10.2 Å². The standard InChI is InChI=1S/C9H19NO2/c1-4-8(3)10-9(5-2,6-11)7-12/h4,8,10-12H,1,5-7H2,2-3H3. The van der Waals surface area contributed by atoms with Crippen molar-refractivity contribution >= 4 is 0 Å². The Morgan fingerprint density at radius 2 is 2.00 bits per heavy atom. The van der Waals surface area contributed by atoms with Gasteiger partial charge in [0.15, 0.2) is 0 Å². The van der Waals surface area contributed by atoms with E-state index in [9.17, 15) is 0 Å². The summed E-state index contributed by atoms with van der Waals surface area (Å²) in [5.41, 5.74) is -0.562. The molecule has 12 heavy (non-hydrogen) atoms. The minimum Gasteiger partial charge on any atom is -0.394 e. The molecule has 0 fully saturated rings. The Kier molecular flexibility index (Phi) is 5.13. The molecule has 0 radical (unpaired) electrons. The molecular weight excluding hydrogens is 154 g/mol. The summed E-state index contributed by atoms with van der Waals surface area (Å²) in [5.74, 6) is 0. The molecule has 0 spiro atoms. The lowest BCUT2D eigenvalue weighted by Gasteiger charge is -2.32. The maximum Gasteiger partial charge on any atom is 0.0649 e. The lowest BCUT2D eigenvalue weighted by atomic mass is 9.97. The van der Waals surface area contributed by atoms with Crippen LogP contribution in [-0.4, -0.2) is 35.0 Å². The van der Waals surface area contributed by atoms with Crippen LogP contribution in [0.4, 0.5) is 0 Å². The van der Waals surface area contributed by atoms with Gasteiger partial charge in [-0.3, -0.25) is 0 Å². The van der Waals surface area contributed by atoms with Gasteiger partial charge in [0.05, 0.1) is 18.8 Å². The van der Waals surface area contributed by atoms with Crippen LogP contribution < -0.4 is 5.32 Å². The van der Waals surface area contributed by atoms with Crippen molar-refractivity contribution in [3.05, 3.63) is 12.7 Å². The first-order chi connectivity index (χ1) is 5.64. The van der Waals surface area contributed by atoms with Crippen LogP contribution in [0.15, 0.2) is 12.7 Å². The summed E-state index contributed by atoms with van der Waals surface area (Å²) in [6.07, 6.45) is 2.44. The molecule has 0 heterocycles. The number of aliphatic hydroxyl groups excluding tert-OH is 2. The summed E-state index contributed by atoms with van der Waals surface area (Å²) in [7, 11) is 0. The van der Waals surface area contributed by atoms with E-state index in [4.69, 9.17) is 10.2 Å². The monoisotopic (exact) mass is 173 g/mol. The molecule has 0 rings (SSSR count). The van der Waals surface area contributed by atoms with Crippen molar-refractivity contribution in [2.24, 2.45) is 0 Å². The molecule has 3 nitrogen and oxygen atoms in total. The second-order valence-corrected chi connectivity index (χ2v) is 3.12. The summed E-state index contributed by atoms with van der Waals surface area (Å²) in [5, 5.41) is 21.2. The fraction of sp³-hybridized carbons (Fsp3) is 0.778. The molecule has 0 amide bonds. The minimum atomic E-state index is -0.562. The van der Waals surface area contributed by atoms with Crippen molar-refractivity contribution in [1.82, 2.24) is 5.32 Å². The predicted molar refractivity (Wildman–Crippen MR) is 50.0 cm³/mol. The summed E-state index contributed by atoms with van der Waals surface area (Å²) in [4.78, 5) is 0. The topological polar surface area (TPSA) is 52.5 Å². The molecule has 0 saturated heterocycles. The predicted octanol–water partition coefficient (Wildman–Crippen LogP) is 0.284. The Morgan fingerprint density at radius 1 is 1.50 bits per heavy atom. The van der Waals surface area contributed by atoms with E-state index >= 15 is 0 Å². The second-order valence-electron chi connectivity index (χ2n) is 3.12. The Balaban J connectivity index is 4.18. The van der Waals surface area contributed by atoms with E-state index < -0.39 is 5.54 Å². The van der Waals surface area contributed by atoms with Crippen molar-refractivity contribution in [2.45, 2.75) is 31.8 Å². The lowest BCUT2D eigenvalue weighted by molar-refractivity contribution is 0.0836. The molecule has 72 valence electrons. The van der Waals surface area contributed by atoms with Crippen LogP contribution in [0.1, 0.15) is 20.3 Å². The maximum absolute atomic E-state index is 9.06. The highest BCUT2D eigenvalue weighted by atomic mass is 16.3. The fourth-order valence-electron chi connectivity index (χ4n) is 1.01. The number of nitrogens with one attached hydrogen (secondary N) is 1. The third-order valence-electron chi connectivity index (χ3n) is 2.17. The highest BCUT2D eigenvalue weighted by Crippen LogP contribution is 2.09. The summed E-state index contributed by atoms with van der Waals surface area (Å²) < 4.78 is 0. The van der Waals surface area contributed by atoms with Crippen LogP contribution in [0.25, 0.3) is 0 Å². The van der Waals surface area contributed by atoms with E-state index in [0.717, 1.165) is 0 Å². The van der Waals surface area contributed by atoms with Gasteiger partial charge >= 0.3 is 0 Å². The highest BCUT2D eigenvalue weighted by molar-refractivity contribution is 4.93. The van der Waals surface area contributed by atoms with Gasteiger partial charge in [0.2, 0.25) is 0 Å². The van der Waals surface area contributed by atoms with Gasteiger partial charge in [-0.15, -0.1) is 6.58 Å². The van der Waals surface area contributed by atoms with Crippen LogP contribution in [0.3, 0.4) is 0 Å². The third-order valence-corrected chi connectivity index (χ3v) is 2.17. The molecule has 0 aliphatic heterocycles. The molecule has 1 atom stereocenters. The normalized spacial score (nSPS) is 14.3. The quantitative estimate of drug-likeness (QED) is 0.506. The van der Waals surface area contributed by atoms with Crippen molar-refractivity contribution in [3.8, 4) is 0 Å². The molecule has 0 aliphatic rings. The average Bonchev–Trinajstić information content (AvgIpc) is 2.14. The summed E-state index contributed by atoms with van der Waals surface area (Å²) in [6, 6.07) is 0.101. The second kappa shape index (κ2) is 5.30. The Hall–Kier alpha value is -0.380. The van der Waals surface area contributed by atoms with Gasteiger partial charge in [-0.1, -0.05) is 13.0 Å². The first-order valence-corrected chi connectivity index (χ1v) is 4.26. The number of rotatable bonds is 6. The fourth-order valence-corrected chi connectivity index (χ4v) is 1.01. The van der Waals surface area contributed by atoms with Crippen LogP contribution in [0.5, 0.6) is 0 Å². The summed E-state index contributed by atoms with van der Waals surface area (Å²) in [6.45, 7) is 7.37. The Morgan fingerprint density at radius 3 is 2.25 bits per heavy atom. The van der Waals surface area contributed by atoms with Gasteiger partial charge in [0.25, 0.3) is 0 Å². The largest absolute Gasteiger partial charge is 0.394 e. The smallest absolute Gasteiger partial charge is 0.0649 e. The first kappa shape index (κ1) is 11.6. The van der Waals surface area contributed by atoms with E-state index in [1.54, 1.807) is 6.08 Å². The molecule has 3 heteroatoms. The van der Waals surface area contributed by atoms with Gasteiger partial charge < -0.3 is 15.5 Å². The van der Waals surface area contributed by atoms with Gasteiger partial charge in [-0.2, -0.15) is 0 Å². The third kappa shape index (κ3) is 2.93. The first-order valence-electron chi connectivity index (χ1n) is 4.26. The molecule has 0 aromatic rings. The van der Waals surface area contributed by atoms with Gasteiger partial charge in [-0.25, -0.2) is 0 Å². The zero-order chi connectivity index (χ0) is 9.61. The maximum atomic E-state index is 9.06. The Labute approximate surface area is 74.1 Å². The summed E-state index contributed by atoms with van der Waals surface area (Å²) >= 11 is 0. The molecule has 0 bridgehead atoms. The van der Waals surface area contributed by atoms with E-state index in [1.807, 2.05) is 13.8 Å². The zero-order valence-corrected chi connectivity index (χ0v) is 7.88. The number of hydrogen-bond donors (Lipinski definition) is 3. The lowest BCUT2D eigenvalue weighted by Crippen LogP contribution is -2.54. The molecule has 1 unspecified atom stereocenters. The molecular formula is C9H19NO2. The number of aliphatic hydroxyl groups is 2. The molecule has 0 aliphatic carbocycles. The van der Waals surface area contributed by atoms with Crippen LogP contribution >= 0.6 is 0 Å². The molecule has 0 aromatic heterocycles. The number of hydrogen-bond acceptors (Lipinski definition) is 3. The van der Waals surface area contributed by atoms with Crippen molar-refractivity contribution in [2.75, 3.05) is 13.2 Å². The SMILES string of the molecule is C=CC(C)NC(CC)(CO)CO.